The number of nitrogens with zero attached hydrogens (tertiary/aromatic N) is 8. The molecule has 408 valence electrons. The Morgan fingerprint density at radius 2 is 0.547 bits per heavy atom. The van der Waals surface area contributed by atoms with Crippen molar-refractivity contribution in [3.05, 3.63) is 264 Å². The van der Waals surface area contributed by atoms with Gasteiger partial charge in [-0.25, -0.2) is 19.9 Å². The Morgan fingerprint density at radius 3 is 0.919 bits per heavy atom. The van der Waals surface area contributed by atoms with Crippen molar-refractivity contribution in [2.75, 3.05) is 0 Å². The van der Waals surface area contributed by atoms with Crippen LogP contribution in [0.2, 0.25) is 0 Å². The van der Waals surface area contributed by atoms with Crippen LogP contribution in [0.5, 0.6) is 0 Å². The Kier molecular flexibility index (Phi) is 11.8. The van der Waals surface area contributed by atoms with Crippen LogP contribution < -0.4 is 0 Å². The quantitative estimate of drug-likeness (QED) is 0.154. The number of carbonyl (C=O) groups excluding carboxylic acids is 6. The maximum Gasteiger partial charge on any atom is 0.264 e. The van der Waals surface area contributed by atoms with Crippen LogP contribution in [-0.4, -0.2) is 73.4 Å². The first-order valence-corrected chi connectivity index (χ1v) is 27.8. The van der Waals surface area contributed by atoms with Gasteiger partial charge in [0.05, 0.1) is 66.4 Å². The summed E-state index contributed by atoms with van der Waals surface area (Å²) < 4.78 is 6.74. The van der Waals surface area contributed by atoms with Gasteiger partial charge in [0.2, 0.25) is 0 Å². The number of ketones is 2. The fourth-order valence-corrected chi connectivity index (χ4v) is 11.9. The predicted octanol–water partition coefficient (Wildman–Crippen LogP) is 14.6. The maximum atomic E-state index is 13.3. The number of imidazole rings is 4. The average Bonchev–Trinajstić information content (AvgIpc) is 1.66. The molecule has 86 heavy (non-hydrogen) atoms. The summed E-state index contributed by atoms with van der Waals surface area (Å²) in [6, 6.07) is 72.5. The summed E-state index contributed by atoms with van der Waals surface area (Å²) >= 11 is 0. The summed E-state index contributed by atoms with van der Waals surface area (Å²) in [4.78, 5) is 92.6. The normalized spacial score (nSPS) is 12.5. The van der Waals surface area contributed by atoms with Crippen LogP contribution in [0.1, 0.15) is 76.0 Å². The Bertz CT molecular complexity index is 4950. The molecule has 0 spiro atoms. The van der Waals surface area contributed by atoms with E-state index in [2.05, 4.69) is 9.97 Å². The number of Topliss-reactive ketones (excluding diaryl/α,β-unsaturated/α-hetero) is 2. The largest absolute Gasteiger partial charge is 0.295 e. The Morgan fingerprint density at radius 1 is 0.267 bits per heavy atom. The van der Waals surface area contributed by atoms with Crippen molar-refractivity contribution in [3.63, 3.8) is 0 Å². The minimum atomic E-state index is -0.0793. The van der Waals surface area contributed by atoms with Crippen molar-refractivity contribution in [2.45, 2.75) is 13.8 Å². The van der Waals surface area contributed by atoms with Crippen molar-refractivity contribution >= 4 is 79.3 Å². The van der Waals surface area contributed by atoms with Crippen molar-refractivity contribution in [3.8, 4) is 67.8 Å². The highest BCUT2D eigenvalue weighted by atomic mass is 16.2. The van der Waals surface area contributed by atoms with Crippen LogP contribution in [0.3, 0.4) is 0 Å². The van der Waals surface area contributed by atoms with Crippen molar-refractivity contribution in [2.24, 2.45) is 0 Å². The first-order chi connectivity index (χ1) is 42.0. The van der Waals surface area contributed by atoms with E-state index in [0.29, 0.717) is 45.6 Å². The van der Waals surface area contributed by atoms with Crippen LogP contribution >= 0.6 is 0 Å². The number of hydrogen-bond donors (Lipinski definition) is 0. The van der Waals surface area contributed by atoms with Gasteiger partial charge in [-0.05, 0) is 121 Å². The van der Waals surface area contributed by atoms with Crippen LogP contribution in [-0.2, 0) is 0 Å². The van der Waals surface area contributed by atoms with E-state index in [0.717, 1.165) is 99.8 Å². The molecule has 4 aromatic heterocycles. The molecule has 0 aliphatic carbocycles. The third-order valence-corrected chi connectivity index (χ3v) is 16.0. The predicted molar refractivity (Wildman–Crippen MR) is 330 cm³/mol. The van der Waals surface area contributed by atoms with Crippen molar-refractivity contribution in [1.29, 1.82) is 0 Å². The van der Waals surface area contributed by atoms with Gasteiger partial charge in [-0.1, -0.05) is 146 Å². The Balaban J connectivity index is 0.000000113. The fraction of sp³-hybridized carbons (Fsp3) is 0.0278. The molecule has 0 saturated carbocycles. The number of rotatable bonds is 4. The summed E-state index contributed by atoms with van der Waals surface area (Å²) in [7, 11) is 0. The molecule has 0 atom stereocenters. The second kappa shape index (κ2) is 19.9. The first-order valence-electron chi connectivity index (χ1n) is 27.8. The number of benzene rings is 10. The smallest absolute Gasteiger partial charge is 0.264 e. The molecule has 0 saturated heterocycles. The van der Waals surface area contributed by atoms with E-state index in [-0.39, 0.29) is 35.2 Å². The molecular formula is C72H44N8O6. The zero-order valence-corrected chi connectivity index (χ0v) is 46.0. The third kappa shape index (κ3) is 8.10. The van der Waals surface area contributed by atoms with Gasteiger partial charge in [0.1, 0.15) is 23.3 Å². The molecule has 4 aliphatic rings. The van der Waals surface area contributed by atoms with Crippen molar-refractivity contribution in [1.82, 2.24) is 38.2 Å². The van der Waals surface area contributed by atoms with E-state index in [1.807, 2.05) is 231 Å². The molecule has 0 amide bonds. The molecule has 14 aromatic rings. The van der Waals surface area contributed by atoms with Gasteiger partial charge < -0.3 is 0 Å². The van der Waals surface area contributed by atoms with E-state index in [9.17, 15) is 28.8 Å². The summed E-state index contributed by atoms with van der Waals surface area (Å²) in [6.07, 6.45) is 0. The molecule has 0 unspecified atom stereocenters. The van der Waals surface area contributed by atoms with Crippen LogP contribution in [0, 0.1) is 0 Å². The maximum absolute atomic E-state index is 13.3. The standard InChI is InChI=1S/2C28H14N4O2.2C8H8O/c33-27-19-13-15(9-11-17(19)25-29-21-5-1-3-7-23(21)31(25)27)16-10-12-18-20(14-16)28(34)32-24-8-4-2-6-22(24)30-26(18)32;33-27-19-7-3-1-5-17(19)25-29-21-13-15(9-11-23(21)31(25)27)16-10-12-24-22(14-16)30-26-18-6-2-4-8-20(18)28(34)32(24)26;2*1-7(9)8-5-3-2-4-6-8/h2*1-14H;2*2-6H,1H3. The third-order valence-electron chi connectivity index (χ3n) is 16.0. The summed E-state index contributed by atoms with van der Waals surface area (Å²) in [6.45, 7) is 3.13. The molecule has 18 rings (SSSR count). The molecule has 0 bridgehead atoms. The SMILES string of the molecule is CC(=O)c1ccccc1.CC(=O)c1ccccc1.O=C1c2cc(-c3ccc4c(c3)C(=O)n3c-4nc4ccccc43)ccc2-c2nc3ccccc3n21.O=C1c2ccccc2-c2nc3cc(-c4ccc5c(c4)nc4n5C(=O)c5ccccc5-4)ccc3n21. The highest BCUT2D eigenvalue weighted by molar-refractivity contribution is 6.17. The van der Waals surface area contributed by atoms with Crippen LogP contribution in [0.25, 0.3) is 112 Å². The first kappa shape index (κ1) is 51.0. The second-order valence-corrected chi connectivity index (χ2v) is 21.1. The summed E-state index contributed by atoms with van der Waals surface area (Å²) in [5.74, 6) is 2.72. The van der Waals surface area contributed by atoms with E-state index >= 15 is 0 Å². The summed E-state index contributed by atoms with van der Waals surface area (Å²) in [5.41, 5.74) is 17.6. The van der Waals surface area contributed by atoms with Gasteiger partial charge >= 0.3 is 0 Å². The van der Waals surface area contributed by atoms with Crippen LogP contribution in [0.15, 0.2) is 231 Å². The molecule has 4 aliphatic heterocycles. The molecule has 10 aromatic carbocycles. The van der Waals surface area contributed by atoms with Gasteiger partial charge in [0.15, 0.2) is 11.6 Å². The van der Waals surface area contributed by atoms with E-state index in [4.69, 9.17) is 9.97 Å². The summed E-state index contributed by atoms with van der Waals surface area (Å²) in [5, 5.41) is 0. The van der Waals surface area contributed by atoms with E-state index < -0.39 is 0 Å². The zero-order chi connectivity index (χ0) is 58.5. The lowest BCUT2D eigenvalue weighted by Gasteiger charge is -2.06. The molecule has 0 radical (unpaired) electrons. The molecule has 0 N–H and O–H groups in total. The number of carbonyl (C=O) groups is 6. The minimum Gasteiger partial charge on any atom is -0.295 e. The van der Waals surface area contributed by atoms with Crippen molar-refractivity contribution < 1.29 is 28.8 Å². The van der Waals surface area contributed by atoms with Gasteiger partial charge in [0, 0.05) is 33.4 Å². The van der Waals surface area contributed by atoms with Gasteiger partial charge in [-0.15, -0.1) is 0 Å². The number of fused-ring (bicyclic) bond motifs is 20. The average molecular weight is 1120 g/mol. The van der Waals surface area contributed by atoms with Gasteiger partial charge in [-0.3, -0.25) is 47.0 Å². The van der Waals surface area contributed by atoms with E-state index in [1.165, 1.54) is 0 Å². The monoisotopic (exact) mass is 1120 g/mol. The Hall–Kier alpha value is -11.9. The molecule has 14 nitrogen and oxygen atoms in total. The molecule has 14 heteroatoms. The Labute approximate surface area is 489 Å². The number of hydrogen-bond acceptors (Lipinski definition) is 10. The topological polar surface area (TPSA) is 174 Å². The van der Waals surface area contributed by atoms with Gasteiger partial charge in [-0.2, -0.15) is 0 Å². The second-order valence-electron chi connectivity index (χ2n) is 21.1. The highest BCUT2D eigenvalue weighted by Crippen LogP contribution is 2.42. The van der Waals surface area contributed by atoms with Gasteiger partial charge in [0.25, 0.3) is 23.6 Å². The highest BCUT2D eigenvalue weighted by Gasteiger charge is 2.34. The lowest BCUT2D eigenvalue weighted by atomic mass is 9.96. The minimum absolute atomic E-state index is 0.0419. The lowest BCUT2D eigenvalue weighted by molar-refractivity contribution is 0.0965. The fourth-order valence-electron chi connectivity index (χ4n) is 11.9. The molecule has 8 heterocycles. The molecule has 0 fully saturated rings. The van der Waals surface area contributed by atoms with Crippen LogP contribution in [0.4, 0.5) is 0 Å². The van der Waals surface area contributed by atoms with E-state index in [1.54, 1.807) is 32.1 Å². The zero-order valence-electron chi connectivity index (χ0n) is 46.0. The lowest BCUT2D eigenvalue weighted by Crippen LogP contribution is -2.06. The number of para-hydroxylation sites is 4. The molecular weight excluding hydrogens is 1070 g/mol. The number of aromatic nitrogens is 8.